The lowest BCUT2D eigenvalue weighted by atomic mass is 10.4. The van der Waals surface area contributed by atoms with Crippen molar-refractivity contribution in [2.75, 3.05) is 0 Å². The van der Waals surface area contributed by atoms with Gasteiger partial charge >= 0.3 is 17.9 Å². The van der Waals surface area contributed by atoms with Crippen LogP contribution < -0.4 is 0 Å². The first-order valence-electron chi connectivity index (χ1n) is 4.73. The third kappa shape index (κ3) is 11.8. The van der Waals surface area contributed by atoms with Gasteiger partial charge < -0.3 is 9.47 Å². The second-order valence-corrected chi connectivity index (χ2v) is 2.70. The van der Waals surface area contributed by atoms with E-state index in [0.29, 0.717) is 0 Å². The number of rotatable bonds is 4. The van der Waals surface area contributed by atoms with E-state index in [1.807, 2.05) is 0 Å². The highest BCUT2D eigenvalue weighted by Gasteiger charge is 2.07. The Morgan fingerprint density at radius 3 is 2.00 bits per heavy atom. The van der Waals surface area contributed by atoms with Gasteiger partial charge in [0.15, 0.2) is 0 Å². The number of ether oxygens (including phenoxy) is 2. The first-order valence-corrected chi connectivity index (χ1v) is 4.73. The molecule has 0 rings (SSSR count). The summed E-state index contributed by atoms with van der Waals surface area (Å²) >= 11 is 0. The van der Waals surface area contributed by atoms with Gasteiger partial charge in [-0.2, -0.15) is 0 Å². The number of esters is 3. The molecule has 0 fully saturated rings. The standard InChI is InChI=1S/C7H10O3.C5H6O2/c1-4-6(8)10-7(9)5(2)3;1-3-5(6)7-4-2/h2,4H2,1,3H3;3-4H,1-2H2. The first kappa shape index (κ1) is 17.2. The summed E-state index contributed by atoms with van der Waals surface area (Å²) < 4.78 is 8.48. The molecule has 17 heavy (non-hydrogen) atoms. The minimum atomic E-state index is -0.646. The van der Waals surface area contributed by atoms with Crippen molar-refractivity contribution < 1.29 is 23.9 Å². The molecule has 0 radical (unpaired) electrons. The smallest absolute Gasteiger partial charge is 0.340 e. The zero-order valence-corrected chi connectivity index (χ0v) is 10.0. The Labute approximate surface area is 100 Å². The van der Waals surface area contributed by atoms with Crippen molar-refractivity contribution in [1.82, 2.24) is 0 Å². The van der Waals surface area contributed by atoms with Gasteiger partial charge in [0.05, 0.1) is 6.26 Å². The first-order chi connectivity index (χ1) is 7.88. The molecule has 0 amide bonds. The third-order valence-corrected chi connectivity index (χ3v) is 1.21. The van der Waals surface area contributed by atoms with Gasteiger partial charge in [0.25, 0.3) is 0 Å². The normalized spacial score (nSPS) is 7.88. The van der Waals surface area contributed by atoms with E-state index in [-0.39, 0.29) is 12.0 Å². The van der Waals surface area contributed by atoms with Gasteiger partial charge in [-0.15, -0.1) is 0 Å². The summed E-state index contributed by atoms with van der Waals surface area (Å²) in [4.78, 5) is 31.0. The fraction of sp³-hybridized carbons (Fsp3) is 0.250. The summed E-state index contributed by atoms with van der Waals surface area (Å²) in [5, 5.41) is 0. The quantitative estimate of drug-likeness (QED) is 0.325. The Morgan fingerprint density at radius 1 is 1.24 bits per heavy atom. The molecule has 5 nitrogen and oxygen atoms in total. The Balaban J connectivity index is 0. The van der Waals surface area contributed by atoms with E-state index in [2.05, 4.69) is 29.2 Å². The Morgan fingerprint density at radius 2 is 1.76 bits per heavy atom. The molecule has 0 bridgehead atoms. The van der Waals surface area contributed by atoms with Gasteiger partial charge in [-0.3, -0.25) is 4.79 Å². The number of carbonyl (C=O) groups is 3. The molecule has 0 atom stereocenters. The van der Waals surface area contributed by atoms with E-state index in [1.165, 1.54) is 6.92 Å². The number of carbonyl (C=O) groups excluding carboxylic acids is 3. The van der Waals surface area contributed by atoms with Crippen molar-refractivity contribution in [3.05, 3.63) is 37.6 Å². The summed E-state index contributed by atoms with van der Waals surface area (Å²) in [5.41, 5.74) is 0.238. The minimum absolute atomic E-state index is 0.207. The van der Waals surface area contributed by atoms with Crippen LogP contribution in [0.3, 0.4) is 0 Å². The molecule has 0 aliphatic heterocycles. The van der Waals surface area contributed by atoms with Crippen LogP contribution in [-0.4, -0.2) is 17.9 Å². The van der Waals surface area contributed by atoms with E-state index in [1.54, 1.807) is 6.92 Å². The lowest BCUT2D eigenvalue weighted by molar-refractivity contribution is -0.156. The molecule has 0 saturated carbocycles. The Kier molecular flexibility index (Phi) is 10.5. The van der Waals surface area contributed by atoms with Gasteiger partial charge in [0.1, 0.15) is 0 Å². The second-order valence-electron chi connectivity index (χ2n) is 2.70. The fourth-order valence-corrected chi connectivity index (χ4v) is 0.393. The Hall–Kier alpha value is -2.17. The van der Waals surface area contributed by atoms with Crippen molar-refractivity contribution in [3.63, 3.8) is 0 Å². The van der Waals surface area contributed by atoms with Crippen LogP contribution >= 0.6 is 0 Å². The van der Waals surface area contributed by atoms with Gasteiger partial charge in [-0.25, -0.2) is 9.59 Å². The zero-order chi connectivity index (χ0) is 13.8. The zero-order valence-electron chi connectivity index (χ0n) is 10.0. The van der Waals surface area contributed by atoms with E-state index in [4.69, 9.17) is 0 Å². The van der Waals surface area contributed by atoms with Crippen LogP contribution in [0.2, 0.25) is 0 Å². The highest BCUT2D eigenvalue weighted by Crippen LogP contribution is 1.93. The highest BCUT2D eigenvalue weighted by atomic mass is 16.6. The fourth-order valence-electron chi connectivity index (χ4n) is 0.393. The van der Waals surface area contributed by atoms with Crippen molar-refractivity contribution in [1.29, 1.82) is 0 Å². The molecule has 0 aromatic rings. The summed E-state index contributed by atoms with van der Waals surface area (Å²) in [5.74, 6) is -1.64. The molecule has 94 valence electrons. The van der Waals surface area contributed by atoms with E-state index in [0.717, 1.165) is 12.3 Å². The molecule has 0 N–H and O–H groups in total. The summed E-state index contributed by atoms with van der Waals surface area (Å²) in [6, 6.07) is 0. The van der Waals surface area contributed by atoms with Crippen LogP contribution in [0.5, 0.6) is 0 Å². The minimum Gasteiger partial charge on any atom is -0.432 e. The van der Waals surface area contributed by atoms with Crippen LogP contribution in [-0.2, 0) is 23.9 Å². The van der Waals surface area contributed by atoms with Gasteiger partial charge in [0, 0.05) is 18.1 Å². The maximum absolute atomic E-state index is 10.6. The average Bonchev–Trinajstić information content (AvgIpc) is 2.29. The SMILES string of the molecule is C=C(C)C(=O)OC(=O)CC.C=COC(=O)C=C. The lowest BCUT2D eigenvalue weighted by Crippen LogP contribution is -2.11. The van der Waals surface area contributed by atoms with Crippen LogP contribution in [0.1, 0.15) is 20.3 Å². The van der Waals surface area contributed by atoms with Crippen molar-refractivity contribution in [2.24, 2.45) is 0 Å². The van der Waals surface area contributed by atoms with Crippen LogP contribution in [0.15, 0.2) is 37.6 Å². The molecule has 0 aromatic carbocycles. The molecule has 0 spiro atoms. The molecule has 0 aliphatic rings. The van der Waals surface area contributed by atoms with E-state index in [9.17, 15) is 14.4 Å². The number of hydrogen-bond acceptors (Lipinski definition) is 5. The molecular formula is C12H16O5. The van der Waals surface area contributed by atoms with Crippen molar-refractivity contribution in [3.8, 4) is 0 Å². The average molecular weight is 240 g/mol. The van der Waals surface area contributed by atoms with Crippen LogP contribution in [0, 0.1) is 0 Å². The Bertz CT molecular complexity index is 328. The molecule has 5 heteroatoms. The van der Waals surface area contributed by atoms with Crippen molar-refractivity contribution in [2.45, 2.75) is 20.3 Å². The third-order valence-electron chi connectivity index (χ3n) is 1.21. The monoisotopic (exact) mass is 240 g/mol. The largest absolute Gasteiger partial charge is 0.432 e. The van der Waals surface area contributed by atoms with E-state index < -0.39 is 17.9 Å². The molecule has 0 unspecified atom stereocenters. The maximum atomic E-state index is 10.6. The molecule has 0 saturated heterocycles. The van der Waals surface area contributed by atoms with E-state index >= 15 is 0 Å². The lowest BCUT2D eigenvalue weighted by Gasteiger charge is -1.97. The summed E-state index contributed by atoms with van der Waals surface area (Å²) in [6.45, 7) is 12.7. The predicted molar refractivity (Wildman–Crippen MR) is 62.7 cm³/mol. The van der Waals surface area contributed by atoms with Crippen LogP contribution in [0.4, 0.5) is 0 Å². The van der Waals surface area contributed by atoms with Crippen LogP contribution in [0.25, 0.3) is 0 Å². The molecule has 0 heterocycles. The molecular weight excluding hydrogens is 224 g/mol. The maximum Gasteiger partial charge on any atom is 0.340 e. The van der Waals surface area contributed by atoms with Crippen molar-refractivity contribution >= 4 is 17.9 Å². The molecule has 0 aliphatic carbocycles. The van der Waals surface area contributed by atoms with Gasteiger partial charge in [-0.05, 0) is 6.92 Å². The second kappa shape index (κ2) is 10.4. The number of hydrogen-bond donors (Lipinski definition) is 0. The van der Waals surface area contributed by atoms with Gasteiger partial charge in [0.2, 0.25) is 0 Å². The highest BCUT2D eigenvalue weighted by molar-refractivity contribution is 5.95. The topological polar surface area (TPSA) is 69.7 Å². The predicted octanol–water partition coefficient (Wildman–Crippen LogP) is 1.90. The summed E-state index contributed by atoms with van der Waals surface area (Å²) in [7, 11) is 0. The molecule has 0 aromatic heterocycles. The summed E-state index contributed by atoms with van der Waals surface area (Å²) in [6.07, 6.45) is 2.34. The van der Waals surface area contributed by atoms with Gasteiger partial charge in [-0.1, -0.05) is 26.7 Å².